The molecule has 0 fully saturated rings. The number of hydrogen-bond donors (Lipinski definition) is 0. The van der Waals surface area contributed by atoms with E-state index in [0.717, 1.165) is 11.1 Å². The van der Waals surface area contributed by atoms with Gasteiger partial charge in [-0.2, -0.15) is 0 Å². The van der Waals surface area contributed by atoms with Gasteiger partial charge in [0, 0.05) is 6.07 Å². The fourth-order valence-corrected chi connectivity index (χ4v) is 1.96. The third-order valence-corrected chi connectivity index (χ3v) is 2.95. The molecule has 1 aromatic heterocycles. The van der Waals surface area contributed by atoms with Gasteiger partial charge in [0.15, 0.2) is 5.43 Å². The van der Waals surface area contributed by atoms with Gasteiger partial charge in [0.25, 0.3) is 0 Å². The molecule has 1 heterocycles. The van der Waals surface area contributed by atoms with Gasteiger partial charge in [0.1, 0.15) is 5.58 Å². The van der Waals surface area contributed by atoms with E-state index in [1.807, 2.05) is 60.7 Å². The van der Waals surface area contributed by atoms with Gasteiger partial charge >= 0.3 is 0 Å². The Balaban J connectivity index is 2.00. The van der Waals surface area contributed by atoms with Crippen molar-refractivity contribution in [3.63, 3.8) is 0 Å². The lowest BCUT2D eigenvalue weighted by Gasteiger charge is -1.98. The summed E-state index contributed by atoms with van der Waals surface area (Å²) in [7, 11) is 0. The molecule has 92 valence electrons. The summed E-state index contributed by atoms with van der Waals surface area (Å²) in [6.45, 7) is 0. The second kappa shape index (κ2) is 4.94. The van der Waals surface area contributed by atoms with Gasteiger partial charge in [0.05, 0.1) is 11.6 Å². The van der Waals surface area contributed by atoms with Crippen LogP contribution in [0.15, 0.2) is 70.1 Å². The fourth-order valence-electron chi connectivity index (χ4n) is 1.96. The molecule has 0 bridgehead atoms. The van der Waals surface area contributed by atoms with Crippen LogP contribution in [0.3, 0.4) is 0 Å². The molecule has 0 unspecified atom stereocenters. The largest absolute Gasteiger partial charge is 0.464 e. The lowest BCUT2D eigenvalue weighted by atomic mass is 10.1. The van der Waals surface area contributed by atoms with Gasteiger partial charge in [-0.3, -0.25) is 4.79 Å². The van der Waals surface area contributed by atoms with Crippen LogP contribution in [-0.4, -0.2) is 0 Å². The van der Waals surface area contributed by atoms with Crippen molar-refractivity contribution in [2.24, 2.45) is 0 Å². The SMILES string of the molecule is O=c1ccoc2ccc(C=Cc3ccccc3)cc12. The van der Waals surface area contributed by atoms with Crippen LogP contribution in [-0.2, 0) is 0 Å². The average molecular weight is 248 g/mol. The van der Waals surface area contributed by atoms with Crippen LogP contribution in [0.25, 0.3) is 23.1 Å². The highest BCUT2D eigenvalue weighted by molar-refractivity contribution is 5.81. The Labute approximate surface area is 110 Å². The van der Waals surface area contributed by atoms with E-state index in [-0.39, 0.29) is 5.43 Å². The van der Waals surface area contributed by atoms with Gasteiger partial charge in [0.2, 0.25) is 0 Å². The number of fused-ring (bicyclic) bond motifs is 1. The molecule has 0 atom stereocenters. The Kier molecular flexibility index (Phi) is 2.99. The zero-order valence-electron chi connectivity index (χ0n) is 10.2. The van der Waals surface area contributed by atoms with Crippen LogP contribution in [0.2, 0.25) is 0 Å². The van der Waals surface area contributed by atoms with E-state index in [2.05, 4.69) is 0 Å². The molecule has 0 amide bonds. The summed E-state index contributed by atoms with van der Waals surface area (Å²) in [5.74, 6) is 0. The third-order valence-electron chi connectivity index (χ3n) is 2.95. The van der Waals surface area contributed by atoms with Crippen LogP contribution >= 0.6 is 0 Å². The minimum absolute atomic E-state index is 0.0174. The van der Waals surface area contributed by atoms with E-state index >= 15 is 0 Å². The first-order chi connectivity index (χ1) is 9.33. The average Bonchev–Trinajstić information content (AvgIpc) is 2.47. The molecule has 0 aliphatic carbocycles. The highest BCUT2D eigenvalue weighted by Gasteiger charge is 1.99. The summed E-state index contributed by atoms with van der Waals surface area (Å²) in [6, 6.07) is 17.1. The topological polar surface area (TPSA) is 30.2 Å². The Morgan fingerprint density at radius 2 is 1.63 bits per heavy atom. The summed E-state index contributed by atoms with van der Waals surface area (Å²) in [4.78, 5) is 11.7. The molecular formula is C17H12O2. The van der Waals surface area contributed by atoms with Gasteiger partial charge in [-0.1, -0.05) is 48.6 Å². The number of hydrogen-bond acceptors (Lipinski definition) is 2. The van der Waals surface area contributed by atoms with E-state index in [4.69, 9.17) is 4.42 Å². The standard InChI is InChI=1S/C17H12O2/c18-16-10-11-19-17-9-8-14(12-15(16)17)7-6-13-4-2-1-3-5-13/h1-12H. The van der Waals surface area contributed by atoms with Crippen LogP contribution in [0, 0.1) is 0 Å². The van der Waals surface area contributed by atoms with Crippen molar-refractivity contribution in [2.75, 3.05) is 0 Å². The van der Waals surface area contributed by atoms with Crippen molar-refractivity contribution in [3.05, 3.63) is 82.2 Å². The smallest absolute Gasteiger partial charge is 0.192 e. The van der Waals surface area contributed by atoms with Crippen molar-refractivity contribution in [3.8, 4) is 0 Å². The van der Waals surface area contributed by atoms with Crippen LogP contribution in [0.1, 0.15) is 11.1 Å². The molecule has 0 saturated heterocycles. The van der Waals surface area contributed by atoms with E-state index in [0.29, 0.717) is 11.0 Å². The maximum absolute atomic E-state index is 11.7. The first-order valence-corrected chi connectivity index (χ1v) is 6.08. The molecule has 0 spiro atoms. The van der Waals surface area contributed by atoms with Crippen molar-refractivity contribution in [1.29, 1.82) is 0 Å². The molecule has 0 N–H and O–H groups in total. The van der Waals surface area contributed by atoms with E-state index in [1.54, 1.807) is 0 Å². The van der Waals surface area contributed by atoms with E-state index < -0.39 is 0 Å². The molecule has 0 aliphatic rings. The lowest BCUT2D eigenvalue weighted by molar-refractivity contribution is 0.602. The molecule has 2 aromatic carbocycles. The van der Waals surface area contributed by atoms with Gasteiger partial charge in [-0.25, -0.2) is 0 Å². The fraction of sp³-hybridized carbons (Fsp3) is 0. The maximum atomic E-state index is 11.7. The Bertz CT molecular complexity index is 783. The minimum atomic E-state index is -0.0174. The zero-order valence-corrected chi connectivity index (χ0v) is 10.2. The Morgan fingerprint density at radius 1 is 0.842 bits per heavy atom. The highest BCUT2D eigenvalue weighted by Crippen LogP contribution is 2.14. The van der Waals surface area contributed by atoms with Gasteiger partial charge in [-0.15, -0.1) is 0 Å². The third kappa shape index (κ3) is 2.47. The Morgan fingerprint density at radius 3 is 2.47 bits per heavy atom. The molecule has 3 rings (SSSR count). The zero-order chi connectivity index (χ0) is 13.1. The number of rotatable bonds is 2. The molecule has 0 saturated carbocycles. The Hall–Kier alpha value is -2.61. The first kappa shape index (κ1) is 11.5. The molecular weight excluding hydrogens is 236 g/mol. The second-order valence-electron chi connectivity index (χ2n) is 4.28. The predicted molar refractivity (Wildman–Crippen MR) is 77.9 cm³/mol. The summed E-state index contributed by atoms with van der Waals surface area (Å²) in [5, 5.41) is 0.609. The number of benzene rings is 2. The summed E-state index contributed by atoms with van der Waals surface area (Å²) < 4.78 is 5.29. The molecule has 3 aromatic rings. The normalized spacial score (nSPS) is 11.2. The van der Waals surface area contributed by atoms with Crippen LogP contribution in [0.5, 0.6) is 0 Å². The highest BCUT2D eigenvalue weighted by atomic mass is 16.3. The summed E-state index contributed by atoms with van der Waals surface area (Å²) in [6.07, 6.45) is 5.43. The van der Waals surface area contributed by atoms with Crippen molar-refractivity contribution in [1.82, 2.24) is 0 Å². The molecule has 2 nitrogen and oxygen atoms in total. The summed E-state index contributed by atoms with van der Waals surface area (Å²) >= 11 is 0. The quantitative estimate of drug-likeness (QED) is 0.642. The van der Waals surface area contributed by atoms with Crippen molar-refractivity contribution >= 4 is 23.1 Å². The van der Waals surface area contributed by atoms with Crippen LogP contribution < -0.4 is 5.43 Å². The second-order valence-corrected chi connectivity index (χ2v) is 4.28. The van der Waals surface area contributed by atoms with Crippen molar-refractivity contribution in [2.45, 2.75) is 0 Å². The monoisotopic (exact) mass is 248 g/mol. The van der Waals surface area contributed by atoms with E-state index in [9.17, 15) is 4.79 Å². The maximum Gasteiger partial charge on any atom is 0.192 e. The first-order valence-electron chi connectivity index (χ1n) is 6.08. The van der Waals surface area contributed by atoms with Gasteiger partial charge in [-0.05, 0) is 23.3 Å². The molecule has 2 heteroatoms. The van der Waals surface area contributed by atoms with E-state index in [1.165, 1.54) is 12.3 Å². The lowest BCUT2D eigenvalue weighted by Crippen LogP contribution is -1.97. The minimum Gasteiger partial charge on any atom is -0.464 e. The molecule has 19 heavy (non-hydrogen) atoms. The molecule has 0 aliphatic heterocycles. The van der Waals surface area contributed by atoms with Crippen molar-refractivity contribution < 1.29 is 4.42 Å². The van der Waals surface area contributed by atoms with Gasteiger partial charge < -0.3 is 4.42 Å². The molecule has 0 radical (unpaired) electrons. The predicted octanol–water partition coefficient (Wildman–Crippen LogP) is 3.96. The summed E-state index contributed by atoms with van der Waals surface area (Å²) in [5.41, 5.74) is 2.71. The van der Waals surface area contributed by atoms with Crippen LogP contribution in [0.4, 0.5) is 0 Å².